The number of thioether (sulfide) groups is 1. The number of carbonyl (C=O) groups excluding carboxylic acids is 1. The van der Waals surface area contributed by atoms with Crippen LogP contribution in [0.3, 0.4) is 0 Å². The molecule has 1 aromatic heterocycles. The van der Waals surface area contributed by atoms with Gasteiger partial charge >= 0.3 is 0 Å². The van der Waals surface area contributed by atoms with Gasteiger partial charge in [-0.1, -0.05) is 53.2 Å². The summed E-state index contributed by atoms with van der Waals surface area (Å²) in [5, 5.41) is 13.2. The zero-order valence-corrected chi connectivity index (χ0v) is 18.1. The minimum atomic E-state index is -0.0795. The Labute approximate surface area is 178 Å². The second-order valence-electron chi connectivity index (χ2n) is 6.28. The summed E-state index contributed by atoms with van der Waals surface area (Å²) in [6, 6.07) is 11.3. The van der Waals surface area contributed by atoms with Crippen LogP contribution in [0.5, 0.6) is 0 Å². The Morgan fingerprint density at radius 2 is 1.82 bits per heavy atom. The van der Waals surface area contributed by atoms with Crippen molar-refractivity contribution in [3.63, 3.8) is 0 Å². The zero-order chi connectivity index (χ0) is 20.3. The van der Waals surface area contributed by atoms with E-state index in [9.17, 15) is 4.79 Å². The molecule has 1 N–H and O–H groups in total. The molecule has 1 amide bonds. The van der Waals surface area contributed by atoms with E-state index in [2.05, 4.69) is 15.5 Å². The molecule has 0 bridgehead atoms. The first kappa shape index (κ1) is 20.7. The van der Waals surface area contributed by atoms with E-state index in [4.69, 9.17) is 23.2 Å². The van der Waals surface area contributed by atoms with Crippen LogP contribution in [0.1, 0.15) is 18.1 Å². The number of carbonyl (C=O) groups is 1. The normalized spacial score (nSPS) is 10.9. The van der Waals surface area contributed by atoms with Gasteiger partial charge in [-0.05, 0) is 50.1 Å². The van der Waals surface area contributed by atoms with Crippen molar-refractivity contribution < 1.29 is 4.79 Å². The minimum Gasteiger partial charge on any atom is -0.325 e. The van der Waals surface area contributed by atoms with Crippen molar-refractivity contribution in [3.05, 3.63) is 57.6 Å². The molecule has 5 nitrogen and oxygen atoms in total. The molecule has 146 valence electrons. The van der Waals surface area contributed by atoms with Gasteiger partial charge in [0.2, 0.25) is 5.91 Å². The number of rotatable bonds is 6. The molecular formula is C20H20Cl2N4OS. The van der Waals surface area contributed by atoms with Crippen LogP contribution in [0.15, 0.2) is 41.6 Å². The Balaban J connectivity index is 1.73. The third-order valence-electron chi connectivity index (χ3n) is 4.29. The Morgan fingerprint density at radius 3 is 2.46 bits per heavy atom. The molecule has 0 aliphatic rings. The van der Waals surface area contributed by atoms with Gasteiger partial charge in [0.25, 0.3) is 0 Å². The number of nitrogens with one attached hydrogen (secondary N) is 1. The largest absolute Gasteiger partial charge is 0.325 e. The van der Waals surface area contributed by atoms with Gasteiger partial charge in [0, 0.05) is 17.8 Å². The van der Waals surface area contributed by atoms with E-state index >= 15 is 0 Å². The fourth-order valence-electron chi connectivity index (χ4n) is 2.85. The molecule has 2 aromatic carbocycles. The zero-order valence-electron chi connectivity index (χ0n) is 15.8. The number of hydrogen-bond acceptors (Lipinski definition) is 4. The van der Waals surface area contributed by atoms with E-state index in [1.165, 1.54) is 11.8 Å². The van der Waals surface area contributed by atoms with E-state index < -0.39 is 0 Å². The van der Waals surface area contributed by atoms with Crippen molar-refractivity contribution in [2.24, 2.45) is 0 Å². The van der Waals surface area contributed by atoms with Crippen LogP contribution in [0.4, 0.5) is 5.69 Å². The molecule has 0 fully saturated rings. The van der Waals surface area contributed by atoms with E-state index in [1.807, 2.05) is 49.6 Å². The summed E-state index contributed by atoms with van der Waals surface area (Å²) in [6.45, 7) is 6.63. The maximum absolute atomic E-state index is 12.4. The van der Waals surface area contributed by atoms with Crippen LogP contribution >= 0.6 is 35.0 Å². The predicted molar refractivity (Wildman–Crippen MR) is 116 cm³/mol. The highest BCUT2D eigenvalue weighted by molar-refractivity contribution is 7.99. The molecule has 0 aliphatic heterocycles. The number of anilines is 1. The first-order chi connectivity index (χ1) is 13.4. The third-order valence-corrected chi connectivity index (χ3v) is 5.99. The van der Waals surface area contributed by atoms with Crippen LogP contribution in [-0.4, -0.2) is 26.4 Å². The third kappa shape index (κ3) is 4.51. The Kier molecular flexibility index (Phi) is 6.65. The maximum Gasteiger partial charge on any atom is 0.234 e. The highest BCUT2D eigenvalue weighted by Gasteiger charge is 2.16. The molecule has 3 aromatic rings. The molecule has 28 heavy (non-hydrogen) atoms. The molecule has 1 heterocycles. The molecule has 0 radical (unpaired) electrons. The Hall–Kier alpha value is -2.02. The lowest BCUT2D eigenvalue weighted by Crippen LogP contribution is -2.16. The van der Waals surface area contributed by atoms with Crippen molar-refractivity contribution in [1.29, 1.82) is 0 Å². The summed E-state index contributed by atoms with van der Waals surface area (Å²) in [4.78, 5) is 12.4. The van der Waals surface area contributed by atoms with Gasteiger partial charge in [-0.3, -0.25) is 4.79 Å². The average molecular weight is 435 g/mol. The molecule has 0 saturated heterocycles. The monoisotopic (exact) mass is 434 g/mol. The lowest BCUT2D eigenvalue weighted by Gasteiger charge is -2.11. The van der Waals surface area contributed by atoms with Gasteiger partial charge in [-0.15, -0.1) is 10.2 Å². The lowest BCUT2D eigenvalue weighted by atomic mass is 10.1. The number of benzene rings is 2. The number of aromatic nitrogens is 3. The number of aryl methyl sites for hydroxylation is 2. The van der Waals surface area contributed by atoms with Crippen LogP contribution in [-0.2, 0) is 11.3 Å². The van der Waals surface area contributed by atoms with Crippen molar-refractivity contribution in [1.82, 2.24) is 14.8 Å². The maximum atomic E-state index is 12.4. The summed E-state index contributed by atoms with van der Waals surface area (Å²) in [5.41, 5.74) is 3.77. The quantitative estimate of drug-likeness (QED) is 0.511. The van der Waals surface area contributed by atoms with Crippen molar-refractivity contribution >= 4 is 46.6 Å². The fourth-order valence-corrected chi connectivity index (χ4v) is 3.95. The van der Waals surface area contributed by atoms with Gasteiger partial charge in [-0.25, -0.2) is 0 Å². The summed E-state index contributed by atoms with van der Waals surface area (Å²) < 4.78 is 1.95. The molecule has 0 atom stereocenters. The Morgan fingerprint density at radius 1 is 1.11 bits per heavy atom. The number of amides is 1. The second kappa shape index (κ2) is 8.99. The fraction of sp³-hybridized carbons (Fsp3) is 0.250. The predicted octanol–water partition coefficient (Wildman–Crippen LogP) is 5.62. The average Bonchev–Trinajstić information content (AvgIpc) is 3.08. The number of nitrogens with zero attached hydrogens (tertiary/aromatic N) is 3. The standard InChI is InChI=1S/C20H20Cl2N4OS/c1-4-26-19(14-8-9-15(21)16(22)10-14)24-25-20(26)28-11-17(27)23-18-12(2)6-5-7-13(18)3/h5-10H,4,11H2,1-3H3,(H,23,27). The summed E-state index contributed by atoms with van der Waals surface area (Å²) in [6.07, 6.45) is 0. The van der Waals surface area contributed by atoms with Gasteiger partial charge in [-0.2, -0.15) is 0 Å². The highest BCUT2D eigenvalue weighted by Crippen LogP contribution is 2.30. The smallest absolute Gasteiger partial charge is 0.234 e. The van der Waals surface area contributed by atoms with Crippen LogP contribution in [0, 0.1) is 13.8 Å². The van der Waals surface area contributed by atoms with Crippen molar-refractivity contribution in [2.75, 3.05) is 11.1 Å². The molecule has 0 unspecified atom stereocenters. The first-order valence-corrected chi connectivity index (χ1v) is 10.5. The molecule has 0 aliphatic carbocycles. The van der Waals surface area contributed by atoms with E-state index in [1.54, 1.807) is 12.1 Å². The van der Waals surface area contributed by atoms with Crippen LogP contribution < -0.4 is 5.32 Å². The Bertz CT molecular complexity index is 999. The lowest BCUT2D eigenvalue weighted by molar-refractivity contribution is -0.113. The van der Waals surface area contributed by atoms with Gasteiger partial charge in [0.1, 0.15) is 0 Å². The van der Waals surface area contributed by atoms with Gasteiger partial charge in [0.05, 0.1) is 15.8 Å². The van der Waals surface area contributed by atoms with Crippen LogP contribution in [0.25, 0.3) is 11.4 Å². The van der Waals surface area contributed by atoms with E-state index in [-0.39, 0.29) is 11.7 Å². The van der Waals surface area contributed by atoms with Gasteiger partial charge in [0.15, 0.2) is 11.0 Å². The topological polar surface area (TPSA) is 59.8 Å². The molecule has 8 heteroatoms. The SMILES string of the molecule is CCn1c(SCC(=O)Nc2c(C)cccc2C)nnc1-c1ccc(Cl)c(Cl)c1. The second-order valence-corrected chi connectivity index (χ2v) is 8.04. The number of hydrogen-bond donors (Lipinski definition) is 1. The van der Waals surface area contributed by atoms with Crippen LogP contribution in [0.2, 0.25) is 10.0 Å². The molecule has 3 rings (SSSR count). The van der Waals surface area contributed by atoms with E-state index in [0.29, 0.717) is 27.6 Å². The van der Waals surface area contributed by atoms with Crippen molar-refractivity contribution in [3.8, 4) is 11.4 Å². The summed E-state index contributed by atoms with van der Waals surface area (Å²) in [5.74, 6) is 0.857. The van der Waals surface area contributed by atoms with E-state index in [0.717, 1.165) is 22.4 Å². The molecule has 0 saturated carbocycles. The minimum absolute atomic E-state index is 0.0795. The summed E-state index contributed by atoms with van der Waals surface area (Å²) >= 11 is 13.5. The molecule has 0 spiro atoms. The summed E-state index contributed by atoms with van der Waals surface area (Å²) in [7, 11) is 0. The number of para-hydroxylation sites is 1. The number of halogens is 2. The first-order valence-electron chi connectivity index (χ1n) is 8.78. The highest BCUT2D eigenvalue weighted by atomic mass is 35.5. The van der Waals surface area contributed by atoms with Crippen molar-refractivity contribution in [2.45, 2.75) is 32.5 Å². The van der Waals surface area contributed by atoms with Gasteiger partial charge < -0.3 is 9.88 Å². The molecular weight excluding hydrogens is 415 g/mol.